The molecule has 0 unspecified atom stereocenters. The van der Waals surface area contributed by atoms with Gasteiger partial charge in [0, 0.05) is 25.3 Å². The molecule has 0 atom stereocenters. The number of halogens is 2. The molecular formula is C16H16F2N2O4S. The van der Waals surface area contributed by atoms with Gasteiger partial charge in [0.15, 0.2) is 0 Å². The van der Waals surface area contributed by atoms with E-state index in [9.17, 15) is 22.0 Å². The third-order valence-corrected chi connectivity index (χ3v) is 4.64. The molecule has 25 heavy (non-hydrogen) atoms. The number of amides is 1. The molecule has 9 heteroatoms. The monoisotopic (exact) mass is 370 g/mol. The Morgan fingerprint density at radius 3 is 2.60 bits per heavy atom. The van der Waals surface area contributed by atoms with Gasteiger partial charge in [-0.2, -0.15) is 0 Å². The Balaban J connectivity index is 2.18. The molecule has 1 amide bonds. The average molecular weight is 370 g/mol. The Morgan fingerprint density at radius 2 is 1.92 bits per heavy atom. The molecule has 0 aliphatic heterocycles. The first-order valence-corrected chi connectivity index (χ1v) is 8.67. The van der Waals surface area contributed by atoms with Crippen molar-refractivity contribution in [1.29, 1.82) is 0 Å². The maximum Gasteiger partial charge on any atom is 0.255 e. The fraction of sp³-hybridized carbons (Fsp3) is 0.188. The number of rotatable bonds is 7. The van der Waals surface area contributed by atoms with Gasteiger partial charge in [-0.1, -0.05) is 6.07 Å². The van der Waals surface area contributed by atoms with E-state index in [4.69, 9.17) is 4.74 Å². The first-order chi connectivity index (χ1) is 11.8. The van der Waals surface area contributed by atoms with Crippen molar-refractivity contribution in [3.05, 3.63) is 59.7 Å². The van der Waals surface area contributed by atoms with Gasteiger partial charge < -0.3 is 10.1 Å². The molecule has 6 nitrogen and oxygen atoms in total. The standard InChI is InChI=1S/C16H16F2N2O4S/c1-24-8-7-19-25(22,23)13-4-2-3-11(9-13)16(21)20-15-6-5-12(17)10-14(15)18/h2-6,9-10,19H,7-8H2,1H3,(H,20,21). The second kappa shape index (κ2) is 8.15. The lowest BCUT2D eigenvalue weighted by Gasteiger charge is -2.09. The molecule has 0 heterocycles. The van der Waals surface area contributed by atoms with E-state index in [0.717, 1.165) is 18.2 Å². The molecule has 2 rings (SSSR count). The van der Waals surface area contributed by atoms with E-state index < -0.39 is 27.6 Å². The largest absolute Gasteiger partial charge is 0.383 e. The van der Waals surface area contributed by atoms with Crippen LogP contribution >= 0.6 is 0 Å². The summed E-state index contributed by atoms with van der Waals surface area (Å²) >= 11 is 0. The van der Waals surface area contributed by atoms with Crippen molar-refractivity contribution in [3.63, 3.8) is 0 Å². The number of methoxy groups -OCH3 is 1. The normalized spacial score (nSPS) is 11.3. The van der Waals surface area contributed by atoms with Crippen LogP contribution in [0.1, 0.15) is 10.4 Å². The van der Waals surface area contributed by atoms with E-state index in [1.807, 2.05) is 0 Å². The Bertz CT molecular complexity index is 872. The Labute approximate surface area is 143 Å². The van der Waals surface area contributed by atoms with Crippen LogP contribution in [-0.2, 0) is 14.8 Å². The maximum absolute atomic E-state index is 13.6. The van der Waals surface area contributed by atoms with E-state index in [1.54, 1.807) is 0 Å². The average Bonchev–Trinajstić information content (AvgIpc) is 2.57. The number of anilines is 1. The summed E-state index contributed by atoms with van der Waals surface area (Å²) in [4.78, 5) is 12.1. The first-order valence-electron chi connectivity index (χ1n) is 7.18. The molecule has 0 aliphatic rings. The molecule has 0 saturated heterocycles. The number of hydrogen-bond acceptors (Lipinski definition) is 4. The van der Waals surface area contributed by atoms with Crippen molar-refractivity contribution in [2.24, 2.45) is 0 Å². The molecule has 2 N–H and O–H groups in total. The zero-order chi connectivity index (χ0) is 18.4. The summed E-state index contributed by atoms with van der Waals surface area (Å²) in [5.41, 5.74) is -0.198. The van der Waals surface area contributed by atoms with Crippen molar-refractivity contribution in [1.82, 2.24) is 4.72 Å². The van der Waals surface area contributed by atoms with Gasteiger partial charge in [-0.3, -0.25) is 4.79 Å². The summed E-state index contributed by atoms with van der Waals surface area (Å²) in [5.74, 6) is -2.43. The lowest BCUT2D eigenvalue weighted by Crippen LogP contribution is -2.27. The zero-order valence-corrected chi connectivity index (χ0v) is 14.1. The molecule has 2 aromatic carbocycles. The summed E-state index contributed by atoms with van der Waals surface area (Å²) in [6.07, 6.45) is 0. The van der Waals surface area contributed by atoms with Crippen LogP contribution in [0.4, 0.5) is 14.5 Å². The van der Waals surface area contributed by atoms with Gasteiger partial charge in [-0.15, -0.1) is 0 Å². The maximum atomic E-state index is 13.6. The molecule has 134 valence electrons. The molecule has 2 aromatic rings. The second-order valence-electron chi connectivity index (χ2n) is 5.00. The van der Waals surface area contributed by atoms with Gasteiger partial charge in [-0.25, -0.2) is 21.9 Å². The number of carbonyl (C=O) groups excluding carboxylic acids is 1. The number of carbonyl (C=O) groups is 1. The van der Waals surface area contributed by atoms with Crippen LogP contribution in [0, 0.1) is 11.6 Å². The topological polar surface area (TPSA) is 84.5 Å². The lowest BCUT2D eigenvalue weighted by atomic mass is 10.2. The van der Waals surface area contributed by atoms with Gasteiger partial charge in [0.2, 0.25) is 10.0 Å². The summed E-state index contributed by atoms with van der Waals surface area (Å²) in [6.45, 7) is 0.277. The second-order valence-corrected chi connectivity index (χ2v) is 6.76. The first kappa shape index (κ1) is 19.0. The van der Waals surface area contributed by atoms with Crippen molar-refractivity contribution < 1.29 is 26.7 Å². The minimum absolute atomic E-state index is 0.0124. The summed E-state index contributed by atoms with van der Waals surface area (Å²) in [5, 5.41) is 2.27. The van der Waals surface area contributed by atoms with Crippen LogP contribution in [0.3, 0.4) is 0 Å². The highest BCUT2D eigenvalue weighted by Crippen LogP contribution is 2.17. The van der Waals surface area contributed by atoms with Crippen LogP contribution in [0.5, 0.6) is 0 Å². The predicted octanol–water partition coefficient (Wildman–Crippen LogP) is 2.14. The predicted molar refractivity (Wildman–Crippen MR) is 87.8 cm³/mol. The van der Waals surface area contributed by atoms with Gasteiger partial charge in [0.25, 0.3) is 5.91 Å². The van der Waals surface area contributed by atoms with Crippen LogP contribution in [0.25, 0.3) is 0 Å². The highest BCUT2D eigenvalue weighted by atomic mass is 32.2. The van der Waals surface area contributed by atoms with E-state index in [0.29, 0.717) is 6.07 Å². The van der Waals surface area contributed by atoms with Gasteiger partial charge in [0.1, 0.15) is 11.6 Å². The molecule has 0 radical (unpaired) electrons. The van der Waals surface area contributed by atoms with Gasteiger partial charge in [0.05, 0.1) is 17.2 Å². The molecule has 0 aromatic heterocycles. The highest BCUT2D eigenvalue weighted by Gasteiger charge is 2.16. The zero-order valence-electron chi connectivity index (χ0n) is 13.3. The highest BCUT2D eigenvalue weighted by molar-refractivity contribution is 7.89. The van der Waals surface area contributed by atoms with Crippen LogP contribution in [0.2, 0.25) is 0 Å². The van der Waals surface area contributed by atoms with Crippen molar-refractivity contribution in [2.75, 3.05) is 25.6 Å². The van der Waals surface area contributed by atoms with Crippen LogP contribution in [-0.4, -0.2) is 34.6 Å². The Hall–Kier alpha value is -2.36. The fourth-order valence-electron chi connectivity index (χ4n) is 1.95. The number of sulfonamides is 1. The minimum atomic E-state index is -3.81. The van der Waals surface area contributed by atoms with E-state index >= 15 is 0 Å². The third kappa shape index (κ3) is 5.05. The number of benzene rings is 2. The van der Waals surface area contributed by atoms with Crippen molar-refractivity contribution >= 4 is 21.6 Å². The summed E-state index contributed by atoms with van der Waals surface area (Å²) in [7, 11) is -2.37. The Morgan fingerprint density at radius 1 is 1.16 bits per heavy atom. The summed E-state index contributed by atoms with van der Waals surface area (Å²) < 4.78 is 57.8. The van der Waals surface area contributed by atoms with Crippen LogP contribution < -0.4 is 10.0 Å². The number of nitrogens with one attached hydrogen (secondary N) is 2. The van der Waals surface area contributed by atoms with E-state index in [1.165, 1.54) is 25.3 Å². The Kier molecular flexibility index (Phi) is 6.18. The van der Waals surface area contributed by atoms with Crippen LogP contribution in [0.15, 0.2) is 47.4 Å². The third-order valence-electron chi connectivity index (χ3n) is 3.18. The molecule has 0 saturated carbocycles. The fourth-order valence-corrected chi connectivity index (χ4v) is 3.01. The SMILES string of the molecule is COCCNS(=O)(=O)c1cccc(C(=O)Nc2ccc(F)cc2F)c1. The van der Waals surface area contributed by atoms with E-state index in [2.05, 4.69) is 10.0 Å². The quantitative estimate of drug-likeness (QED) is 0.732. The molecule has 0 spiro atoms. The van der Waals surface area contributed by atoms with Gasteiger partial charge in [-0.05, 0) is 30.3 Å². The molecular weight excluding hydrogens is 354 g/mol. The molecule has 0 bridgehead atoms. The molecule has 0 fully saturated rings. The number of hydrogen-bond donors (Lipinski definition) is 2. The summed E-state index contributed by atoms with van der Waals surface area (Å²) in [6, 6.07) is 7.97. The smallest absolute Gasteiger partial charge is 0.255 e. The molecule has 0 aliphatic carbocycles. The number of ether oxygens (including phenoxy) is 1. The minimum Gasteiger partial charge on any atom is -0.383 e. The van der Waals surface area contributed by atoms with Crippen molar-refractivity contribution in [3.8, 4) is 0 Å². The van der Waals surface area contributed by atoms with Gasteiger partial charge >= 0.3 is 0 Å². The lowest BCUT2D eigenvalue weighted by molar-refractivity contribution is 0.102. The van der Waals surface area contributed by atoms with E-state index in [-0.39, 0.29) is 29.3 Å². The van der Waals surface area contributed by atoms with Crippen molar-refractivity contribution in [2.45, 2.75) is 4.90 Å².